The molecule has 0 saturated carbocycles. The number of carbonyl (C=O) groups excluding carboxylic acids is 1. The number of furan rings is 1. The molecular weight excluding hydrogens is 379 g/mol. The number of guanidine groups is 1. The molecule has 2 aromatic rings. The molecule has 0 aliphatic heterocycles. The summed E-state index contributed by atoms with van der Waals surface area (Å²) in [6.07, 6.45) is -3.82. The highest BCUT2D eigenvalue weighted by Gasteiger charge is 2.34. The van der Waals surface area contributed by atoms with Crippen LogP contribution in [0.3, 0.4) is 0 Å². The third-order valence-corrected chi connectivity index (χ3v) is 2.58. The van der Waals surface area contributed by atoms with Gasteiger partial charge >= 0.3 is 6.18 Å². The molecule has 12 heteroatoms. The molecule has 1 heterocycles. The Labute approximate surface area is 146 Å². The molecule has 1 aromatic heterocycles. The van der Waals surface area contributed by atoms with E-state index in [-0.39, 0.29) is 17.1 Å². The molecule has 2 rings (SSSR count). The largest absolute Gasteiger partial charge is 0.451 e. The summed E-state index contributed by atoms with van der Waals surface area (Å²) >= 11 is 0. The summed E-state index contributed by atoms with van der Waals surface area (Å²) in [5, 5.41) is 8.89. The van der Waals surface area contributed by atoms with Crippen LogP contribution in [0.1, 0.15) is 16.1 Å². The smallest absolute Gasteiger partial charge is 0.417 e. The Balaban J connectivity index is 0.000000597. The first kappa shape index (κ1) is 21.2. The Morgan fingerprint density at radius 3 is 2.27 bits per heavy atom. The molecule has 0 aliphatic carbocycles. The number of halogens is 3. The molecule has 1 aromatic carbocycles. The van der Waals surface area contributed by atoms with E-state index in [0.717, 1.165) is 6.07 Å². The molecule has 26 heavy (non-hydrogen) atoms. The topological polar surface area (TPSA) is 146 Å². The monoisotopic (exact) mass is 393 g/mol. The van der Waals surface area contributed by atoms with Crippen molar-refractivity contribution in [3.63, 3.8) is 0 Å². The standard InChI is InChI=1S/C13H10F3N3O2.CH4O3S/c14-13(15,16)8-4-2-1-3-7(8)9-5-6-10(21-9)11(20)19-12(17)18;1-5(2,3)4/h1-6H,(H4,17,18,19,20);1H3,(H,2,3,4). The number of hydrogen-bond donors (Lipinski definition) is 4. The molecule has 0 radical (unpaired) electrons. The third kappa shape index (κ3) is 6.94. The second-order valence-corrected chi connectivity index (χ2v) is 6.27. The van der Waals surface area contributed by atoms with Gasteiger partial charge < -0.3 is 10.2 Å². The van der Waals surface area contributed by atoms with Gasteiger partial charge in [0, 0.05) is 5.56 Å². The van der Waals surface area contributed by atoms with E-state index in [1.54, 1.807) is 0 Å². The fourth-order valence-electron chi connectivity index (χ4n) is 1.73. The van der Waals surface area contributed by atoms with Gasteiger partial charge in [0.2, 0.25) is 0 Å². The minimum atomic E-state index is -4.54. The third-order valence-electron chi connectivity index (χ3n) is 2.58. The number of nitrogens with one attached hydrogen (secondary N) is 2. The van der Waals surface area contributed by atoms with Crippen LogP contribution in [0.2, 0.25) is 0 Å². The van der Waals surface area contributed by atoms with E-state index in [9.17, 15) is 26.4 Å². The number of nitrogens with two attached hydrogens (primary N) is 1. The predicted molar refractivity (Wildman–Crippen MR) is 86.0 cm³/mol. The summed E-state index contributed by atoms with van der Waals surface area (Å²) in [6, 6.07) is 7.32. The Bertz CT molecular complexity index is 899. The van der Waals surface area contributed by atoms with Crippen molar-refractivity contribution in [3.8, 4) is 11.3 Å². The lowest BCUT2D eigenvalue weighted by atomic mass is 10.1. The molecule has 0 aliphatic rings. The van der Waals surface area contributed by atoms with E-state index in [1.807, 2.05) is 5.32 Å². The maximum Gasteiger partial charge on any atom is 0.417 e. The van der Waals surface area contributed by atoms with E-state index in [4.69, 9.17) is 20.1 Å². The zero-order chi connectivity index (χ0) is 20.1. The fourth-order valence-corrected chi connectivity index (χ4v) is 1.73. The highest BCUT2D eigenvalue weighted by molar-refractivity contribution is 7.85. The van der Waals surface area contributed by atoms with Crippen LogP contribution in [0.15, 0.2) is 40.8 Å². The van der Waals surface area contributed by atoms with Crippen LogP contribution in [0.25, 0.3) is 11.3 Å². The molecule has 1 amide bonds. The van der Waals surface area contributed by atoms with Crippen LogP contribution >= 0.6 is 0 Å². The first-order valence-corrected chi connectivity index (χ1v) is 8.48. The Morgan fingerprint density at radius 2 is 1.77 bits per heavy atom. The Kier molecular flexibility index (Phi) is 6.53. The maximum absolute atomic E-state index is 12.9. The van der Waals surface area contributed by atoms with Gasteiger partial charge in [-0.3, -0.25) is 20.1 Å². The summed E-state index contributed by atoms with van der Waals surface area (Å²) < 4.78 is 69.7. The first-order valence-electron chi connectivity index (χ1n) is 6.63. The van der Waals surface area contributed by atoms with Gasteiger partial charge in [0.05, 0.1) is 11.8 Å². The lowest BCUT2D eigenvalue weighted by molar-refractivity contribution is -0.137. The average Bonchev–Trinajstić information content (AvgIpc) is 2.93. The Hall–Kier alpha value is -2.86. The zero-order valence-corrected chi connectivity index (χ0v) is 14.0. The van der Waals surface area contributed by atoms with Gasteiger partial charge in [-0.2, -0.15) is 21.6 Å². The predicted octanol–water partition coefficient (Wildman–Crippen LogP) is 2.09. The van der Waals surface area contributed by atoms with Gasteiger partial charge in [-0.05, 0) is 18.2 Å². The second-order valence-electron chi connectivity index (χ2n) is 4.81. The number of amides is 1. The normalized spacial score (nSPS) is 11.3. The minimum absolute atomic E-state index is 0.100. The summed E-state index contributed by atoms with van der Waals surface area (Å²) in [5.74, 6) is -1.74. The van der Waals surface area contributed by atoms with Crippen molar-refractivity contribution in [1.82, 2.24) is 5.32 Å². The van der Waals surface area contributed by atoms with Gasteiger partial charge in [0.1, 0.15) is 5.76 Å². The molecule has 0 atom stereocenters. The number of alkyl halides is 3. The molecule has 0 unspecified atom stereocenters. The van der Waals surface area contributed by atoms with E-state index in [1.165, 1.54) is 30.3 Å². The SMILES string of the molecule is CS(=O)(=O)O.N=C(N)NC(=O)c1ccc(-c2ccccc2C(F)(F)F)o1. The van der Waals surface area contributed by atoms with Crippen LogP contribution in [-0.2, 0) is 16.3 Å². The maximum atomic E-state index is 12.9. The van der Waals surface area contributed by atoms with Crippen LogP contribution < -0.4 is 11.1 Å². The van der Waals surface area contributed by atoms with Crippen molar-refractivity contribution in [2.45, 2.75) is 6.18 Å². The molecule has 0 saturated heterocycles. The highest BCUT2D eigenvalue weighted by Crippen LogP contribution is 2.37. The van der Waals surface area contributed by atoms with E-state index in [0.29, 0.717) is 6.26 Å². The van der Waals surface area contributed by atoms with Crippen molar-refractivity contribution >= 4 is 22.0 Å². The molecule has 142 valence electrons. The minimum Gasteiger partial charge on any atom is -0.451 e. The molecule has 5 N–H and O–H groups in total. The van der Waals surface area contributed by atoms with E-state index < -0.39 is 33.7 Å². The average molecular weight is 393 g/mol. The van der Waals surface area contributed by atoms with Crippen molar-refractivity contribution in [1.29, 1.82) is 5.41 Å². The van der Waals surface area contributed by atoms with Gasteiger partial charge in [0.25, 0.3) is 16.0 Å². The summed E-state index contributed by atoms with van der Waals surface area (Å²) in [5.41, 5.74) is 3.95. The highest BCUT2D eigenvalue weighted by atomic mass is 32.2. The number of rotatable bonds is 2. The lowest BCUT2D eigenvalue weighted by Crippen LogP contribution is -2.35. The van der Waals surface area contributed by atoms with Crippen molar-refractivity contribution < 1.29 is 35.4 Å². The summed E-state index contributed by atoms with van der Waals surface area (Å²) in [6.45, 7) is 0. The zero-order valence-electron chi connectivity index (χ0n) is 13.2. The van der Waals surface area contributed by atoms with E-state index >= 15 is 0 Å². The van der Waals surface area contributed by atoms with Crippen LogP contribution in [0.5, 0.6) is 0 Å². The lowest BCUT2D eigenvalue weighted by Gasteiger charge is -2.10. The first-order chi connectivity index (χ1) is 11.8. The van der Waals surface area contributed by atoms with Crippen LogP contribution in [-0.4, -0.2) is 31.1 Å². The second kappa shape index (κ2) is 8.01. The molecule has 8 nitrogen and oxygen atoms in total. The molecule has 0 bridgehead atoms. The quantitative estimate of drug-likeness (QED) is 0.349. The van der Waals surface area contributed by atoms with Gasteiger partial charge in [-0.15, -0.1) is 0 Å². The Morgan fingerprint density at radius 1 is 1.23 bits per heavy atom. The molecule has 0 fully saturated rings. The number of hydrogen-bond acceptors (Lipinski definition) is 5. The van der Waals surface area contributed by atoms with E-state index in [2.05, 4.69) is 0 Å². The van der Waals surface area contributed by atoms with Crippen LogP contribution in [0, 0.1) is 5.41 Å². The molecular formula is C14H14F3N3O5S. The van der Waals surface area contributed by atoms with Crippen LogP contribution in [0.4, 0.5) is 13.2 Å². The number of carbonyl (C=O) groups is 1. The van der Waals surface area contributed by atoms with Gasteiger partial charge in [0.15, 0.2) is 11.7 Å². The summed E-state index contributed by atoms with van der Waals surface area (Å²) in [7, 11) is -3.67. The van der Waals surface area contributed by atoms with Gasteiger partial charge in [-0.1, -0.05) is 18.2 Å². The van der Waals surface area contributed by atoms with Crippen molar-refractivity contribution in [2.75, 3.05) is 6.26 Å². The van der Waals surface area contributed by atoms with Gasteiger partial charge in [-0.25, -0.2) is 0 Å². The molecule has 0 spiro atoms. The van der Waals surface area contributed by atoms with Crippen molar-refractivity contribution in [2.24, 2.45) is 5.73 Å². The summed E-state index contributed by atoms with van der Waals surface area (Å²) in [4.78, 5) is 11.5. The van der Waals surface area contributed by atoms with Crippen molar-refractivity contribution in [3.05, 3.63) is 47.7 Å². The number of benzene rings is 1. The fraction of sp³-hybridized carbons (Fsp3) is 0.143.